The molecule has 1 fully saturated rings. The number of nitrogens with zero attached hydrogens (tertiary/aromatic N) is 1. The molecule has 1 aliphatic carbocycles. The van der Waals surface area contributed by atoms with E-state index >= 15 is 0 Å². The second-order valence-corrected chi connectivity index (χ2v) is 5.12. The van der Waals surface area contributed by atoms with Crippen molar-refractivity contribution in [1.82, 2.24) is 4.90 Å². The Morgan fingerprint density at radius 3 is 2.94 bits per heavy atom. The van der Waals surface area contributed by atoms with Gasteiger partial charge in [-0.25, -0.2) is 0 Å². The van der Waals surface area contributed by atoms with Crippen LogP contribution in [0.1, 0.15) is 30.0 Å². The molecule has 0 spiro atoms. The van der Waals surface area contributed by atoms with Gasteiger partial charge in [-0.15, -0.1) is 12.4 Å². The normalized spacial score (nSPS) is 23.0. The summed E-state index contributed by atoms with van der Waals surface area (Å²) in [5, 5.41) is 0. The van der Waals surface area contributed by atoms with Crippen LogP contribution in [0.5, 0.6) is 0 Å². The minimum absolute atomic E-state index is 0. The first-order valence-corrected chi connectivity index (χ1v) is 6.28. The highest BCUT2D eigenvalue weighted by Gasteiger charge is 2.34. The Hall–Kier alpha value is -1.06. The number of hydrogen-bond acceptors (Lipinski definition) is 2. The Morgan fingerprint density at radius 2 is 2.28 bits per heavy atom. The van der Waals surface area contributed by atoms with Gasteiger partial charge in [0.05, 0.1) is 0 Å². The highest BCUT2D eigenvalue weighted by atomic mass is 35.5. The number of hydrogen-bond donors (Lipinski definition) is 1. The van der Waals surface area contributed by atoms with Gasteiger partial charge in [-0.1, -0.05) is 18.2 Å². The van der Waals surface area contributed by atoms with Crippen molar-refractivity contribution >= 4 is 18.3 Å². The molecular formula is C14H18ClN2O. The summed E-state index contributed by atoms with van der Waals surface area (Å²) >= 11 is 0. The molecular weight excluding hydrogens is 248 g/mol. The number of nitrogens with two attached hydrogens (primary N) is 1. The maximum absolute atomic E-state index is 11.7. The van der Waals surface area contributed by atoms with Crippen LogP contribution in [0, 0.1) is 12.0 Å². The van der Waals surface area contributed by atoms with Crippen molar-refractivity contribution in [3.8, 4) is 0 Å². The van der Waals surface area contributed by atoms with Gasteiger partial charge in [-0.05, 0) is 42.4 Å². The molecule has 1 amide bonds. The molecule has 2 aliphatic rings. The molecule has 1 atom stereocenters. The monoisotopic (exact) mass is 265 g/mol. The van der Waals surface area contributed by atoms with Gasteiger partial charge in [-0.3, -0.25) is 9.69 Å². The van der Waals surface area contributed by atoms with Crippen LogP contribution in [-0.4, -0.2) is 23.9 Å². The van der Waals surface area contributed by atoms with Crippen LogP contribution >= 0.6 is 12.4 Å². The Morgan fingerprint density at radius 1 is 1.50 bits per heavy atom. The molecule has 1 heterocycles. The van der Waals surface area contributed by atoms with Gasteiger partial charge in [0.2, 0.25) is 5.91 Å². The van der Waals surface area contributed by atoms with Crippen LogP contribution in [0.2, 0.25) is 0 Å². The number of carbonyl (C=O) groups excluding carboxylic acids is 1. The third-order valence-corrected chi connectivity index (χ3v) is 3.77. The summed E-state index contributed by atoms with van der Waals surface area (Å²) in [4.78, 5) is 14.0. The number of fused-ring (bicyclic) bond motifs is 1. The second-order valence-electron chi connectivity index (χ2n) is 5.12. The van der Waals surface area contributed by atoms with Gasteiger partial charge in [0, 0.05) is 13.1 Å². The van der Waals surface area contributed by atoms with Crippen LogP contribution in [-0.2, 0) is 11.2 Å². The van der Waals surface area contributed by atoms with Crippen molar-refractivity contribution < 1.29 is 4.79 Å². The van der Waals surface area contributed by atoms with E-state index in [0.29, 0.717) is 0 Å². The van der Waals surface area contributed by atoms with E-state index < -0.39 is 0 Å². The Labute approximate surface area is 114 Å². The Kier molecular flexibility index (Phi) is 3.93. The van der Waals surface area contributed by atoms with E-state index in [1.807, 2.05) is 18.2 Å². The van der Waals surface area contributed by atoms with Crippen LogP contribution in [0.15, 0.2) is 18.2 Å². The summed E-state index contributed by atoms with van der Waals surface area (Å²) in [7, 11) is 0. The first-order chi connectivity index (χ1) is 8.25. The molecule has 18 heavy (non-hydrogen) atoms. The molecule has 0 saturated heterocycles. The number of carbonyl (C=O) groups is 1. The van der Waals surface area contributed by atoms with E-state index in [1.165, 1.54) is 18.4 Å². The fraction of sp³-hybridized carbons (Fsp3) is 0.500. The molecule has 4 heteroatoms. The highest BCUT2D eigenvalue weighted by molar-refractivity contribution is 5.85. The molecule has 1 radical (unpaired) electrons. The third-order valence-electron chi connectivity index (χ3n) is 3.77. The summed E-state index contributed by atoms with van der Waals surface area (Å²) in [5.41, 5.74) is 7.89. The van der Waals surface area contributed by atoms with Gasteiger partial charge in [0.15, 0.2) is 0 Å². The number of benzene rings is 1. The molecule has 1 aromatic rings. The van der Waals surface area contributed by atoms with E-state index in [-0.39, 0.29) is 24.4 Å². The van der Waals surface area contributed by atoms with E-state index in [0.717, 1.165) is 31.0 Å². The molecule has 1 aromatic carbocycles. The van der Waals surface area contributed by atoms with Crippen molar-refractivity contribution in [2.45, 2.75) is 25.3 Å². The number of amides is 1. The molecule has 3 rings (SSSR count). The van der Waals surface area contributed by atoms with Gasteiger partial charge in [-0.2, -0.15) is 0 Å². The summed E-state index contributed by atoms with van der Waals surface area (Å²) in [6.07, 6.45) is 3.61. The van der Waals surface area contributed by atoms with Crippen LogP contribution in [0.4, 0.5) is 0 Å². The zero-order chi connectivity index (χ0) is 11.8. The first kappa shape index (κ1) is 13.4. The lowest BCUT2D eigenvalue weighted by Gasteiger charge is -2.35. The van der Waals surface area contributed by atoms with Crippen molar-refractivity contribution in [3.63, 3.8) is 0 Å². The molecule has 97 valence electrons. The smallest absolute Gasteiger partial charge is 0.239 e. The Bertz CT molecular complexity index is 445. The SMILES string of the molecule is Cl.NC(=O)C1c2cc[c]cc2CCN1CC1CC1. The highest BCUT2D eigenvalue weighted by Crippen LogP contribution is 2.35. The third kappa shape index (κ3) is 2.52. The van der Waals surface area contributed by atoms with Crippen LogP contribution < -0.4 is 5.73 Å². The maximum Gasteiger partial charge on any atom is 0.239 e. The van der Waals surface area contributed by atoms with E-state index in [9.17, 15) is 4.79 Å². The van der Waals surface area contributed by atoms with Gasteiger partial charge >= 0.3 is 0 Å². The minimum Gasteiger partial charge on any atom is -0.368 e. The summed E-state index contributed by atoms with van der Waals surface area (Å²) in [5.74, 6) is 0.562. The fourth-order valence-electron chi connectivity index (χ4n) is 2.71. The molecule has 3 nitrogen and oxygen atoms in total. The molecule has 0 aromatic heterocycles. The summed E-state index contributed by atoms with van der Waals surface area (Å²) in [6.45, 7) is 1.96. The first-order valence-electron chi connectivity index (χ1n) is 6.28. The zero-order valence-corrected chi connectivity index (χ0v) is 11.1. The second kappa shape index (κ2) is 5.29. The van der Waals surface area contributed by atoms with Crippen molar-refractivity contribution in [3.05, 3.63) is 35.4 Å². The molecule has 0 bridgehead atoms. The van der Waals surface area contributed by atoms with Crippen LogP contribution in [0.25, 0.3) is 0 Å². The Balaban J connectivity index is 0.00000120. The number of primary amides is 1. The molecule has 1 aliphatic heterocycles. The average molecular weight is 266 g/mol. The lowest BCUT2D eigenvalue weighted by atomic mass is 9.92. The largest absolute Gasteiger partial charge is 0.368 e. The molecule has 1 unspecified atom stereocenters. The molecule has 1 saturated carbocycles. The van der Waals surface area contributed by atoms with Crippen LogP contribution in [0.3, 0.4) is 0 Å². The van der Waals surface area contributed by atoms with E-state index in [4.69, 9.17) is 5.73 Å². The summed E-state index contributed by atoms with van der Waals surface area (Å²) in [6, 6.07) is 8.70. The predicted octanol–water partition coefficient (Wildman–Crippen LogP) is 1.70. The van der Waals surface area contributed by atoms with Crippen molar-refractivity contribution in [2.75, 3.05) is 13.1 Å². The average Bonchev–Trinajstić information content (AvgIpc) is 3.12. The quantitative estimate of drug-likeness (QED) is 0.904. The summed E-state index contributed by atoms with van der Waals surface area (Å²) < 4.78 is 0. The topological polar surface area (TPSA) is 46.3 Å². The zero-order valence-electron chi connectivity index (χ0n) is 10.3. The molecule has 2 N–H and O–H groups in total. The van der Waals surface area contributed by atoms with Gasteiger partial charge in [0.1, 0.15) is 6.04 Å². The van der Waals surface area contributed by atoms with Crippen molar-refractivity contribution in [1.29, 1.82) is 0 Å². The standard InChI is InChI=1S/C14H17N2O.ClH/c15-14(17)13-12-4-2-1-3-11(12)7-8-16(13)9-10-5-6-10;/h2-4,10,13H,5-9H2,(H2,15,17);1H. The van der Waals surface area contributed by atoms with E-state index in [2.05, 4.69) is 11.0 Å². The minimum atomic E-state index is -0.228. The maximum atomic E-state index is 11.7. The fourth-order valence-corrected chi connectivity index (χ4v) is 2.71. The lowest BCUT2D eigenvalue weighted by Crippen LogP contribution is -2.43. The lowest BCUT2D eigenvalue weighted by molar-refractivity contribution is -0.123. The number of rotatable bonds is 3. The van der Waals surface area contributed by atoms with E-state index in [1.54, 1.807) is 0 Å². The van der Waals surface area contributed by atoms with Gasteiger partial charge < -0.3 is 5.73 Å². The number of halogens is 1. The van der Waals surface area contributed by atoms with Crippen molar-refractivity contribution in [2.24, 2.45) is 11.7 Å². The predicted molar refractivity (Wildman–Crippen MR) is 72.5 cm³/mol. The van der Waals surface area contributed by atoms with Gasteiger partial charge in [0.25, 0.3) is 0 Å².